The number of hydrogen-bond donors (Lipinski definition) is 2. The van der Waals surface area contributed by atoms with Crippen LogP contribution in [0.25, 0.3) is 0 Å². The number of carbonyl (C=O) groups excluding carboxylic acids is 1. The predicted molar refractivity (Wildman–Crippen MR) is 104 cm³/mol. The molecule has 130 valence electrons. The molecule has 2 N–H and O–H groups in total. The van der Waals surface area contributed by atoms with Gasteiger partial charge in [-0.2, -0.15) is 10.2 Å². The number of anilines is 1. The Labute approximate surface area is 170 Å². The minimum Gasteiger partial charge on any atom is -0.304 e. The fraction of sp³-hybridized carbons (Fsp3) is 0.133. The van der Waals surface area contributed by atoms with Gasteiger partial charge in [-0.25, -0.2) is 0 Å². The molecule has 10 heteroatoms. The highest BCUT2D eigenvalue weighted by atomic mass is 79.9. The van der Waals surface area contributed by atoms with Crippen LogP contribution in [-0.2, 0) is 6.54 Å². The molecule has 2 heterocycles. The van der Waals surface area contributed by atoms with Gasteiger partial charge in [0.25, 0.3) is 5.91 Å². The Balaban J connectivity index is 1.81. The number of nitrogens with one attached hydrogen (secondary N) is 2. The van der Waals surface area contributed by atoms with Crippen molar-refractivity contribution in [3.8, 4) is 0 Å². The van der Waals surface area contributed by atoms with Crippen LogP contribution < -0.4 is 5.32 Å². The lowest BCUT2D eigenvalue weighted by molar-refractivity contribution is 0.102. The molecule has 3 rings (SSSR count). The molecule has 0 unspecified atom stereocenters. The van der Waals surface area contributed by atoms with Gasteiger partial charge in [-0.15, -0.1) is 0 Å². The van der Waals surface area contributed by atoms with Crippen LogP contribution in [0.5, 0.6) is 0 Å². The van der Waals surface area contributed by atoms with Crippen LogP contribution in [0.1, 0.15) is 21.7 Å². The number of halogens is 4. The zero-order chi connectivity index (χ0) is 18.1. The Morgan fingerprint density at radius 3 is 2.60 bits per heavy atom. The molecule has 0 aliphatic heterocycles. The first-order valence-electron chi connectivity index (χ1n) is 7.05. The Bertz CT molecular complexity index is 933. The second kappa shape index (κ2) is 7.49. The third kappa shape index (κ3) is 3.92. The quantitative estimate of drug-likeness (QED) is 0.519. The van der Waals surface area contributed by atoms with E-state index in [-0.39, 0.29) is 11.6 Å². The Morgan fingerprint density at radius 2 is 2.00 bits per heavy atom. The van der Waals surface area contributed by atoms with E-state index in [9.17, 15) is 4.79 Å². The van der Waals surface area contributed by atoms with Gasteiger partial charge in [-0.05, 0) is 50.9 Å². The first-order chi connectivity index (χ1) is 11.9. The summed E-state index contributed by atoms with van der Waals surface area (Å²) in [4.78, 5) is 12.3. The molecule has 0 atom stereocenters. The van der Waals surface area contributed by atoms with Crippen LogP contribution in [0.2, 0.25) is 10.0 Å². The summed E-state index contributed by atoms with van der Waals surface area (Å²) in [5.41, 5.74) is 1.86. The van der Waals surface area contributed by atoms with Crippen LogP contribution in [0, 0.1) is 6.92 Å². The minimum atomic E-state index is -0.380. The van der Waals surface area contributed by atoms with Crippen molar-refractivity contribution in [1.82, 2.24) is 20.0 Å². The normalized spacial score (nSPS) is 10.9. The molecule has 25 heavy (non-hydrogen) atoms. The summed E-state index contributed by atoms with van der Waals surface area (Å²) in [5.74, 6) is 0.0333. The van der Waals surface area contributed by atoms with Crippen molar-refractivity contribution in [3.63, 3.8) is 0 Å². The number of aromatic nitrogens is 4. The number of hydrogen-bond acceptors (Lipinski definition) is 3. The van der Waals surface area contributed by atoms with Crippen LogP contribution in [0.15, 0.2) is 33.3 Å². The topological polar surface area (TPSA) is 75.6 Å². The average molecular weight is 508 g/mol. The zero-order valence-electron chi connectivity index (χ0n) is 12.8. The van der Waals surface area contributed by atoms with Gasteiger partial charge in [0.15, 0.2) is 11.5 Å². The summed E-state index contributed by atoms with van der Waals surface area (Å²) >= 11 is 18.9. The highest BCUT2D eigenvalue weighted by Crippen LogP contribution is 2.27. The number of aromatic amines is 1. The molecule has 1 aromatic carbocycles. The van der Waals surface area contributed by atoms with Crippen molar-refractivity contribution >= 4 is 66.8 Å². The van der Waals surface area contributed by atoms with E-state index in [0.717, 1.165) is 11.3 Å². The number of aryl methyl sites for hydroxylation is 1. The lowest BCUT2D eigenvalue weighted by Crippen LogP contribution is -2.14. The van der Waals surface area contributed by atoms with Crippen molar-refractivity contribution in [1.29, 1.82) is 0 Å². The predicted octanol–water partition coefficient (Wildman–Crippen LogP) is 5.05. The molecule has 0 saturated carbocycles. The highest BCUT2D eigenvalue weighted by molar-refractivity contribution is 9.13. The molecule has 0 radical (unpaired) electrons. The van der Waals surface area contributed by atoms with E-state index in [4.69, 9.17) is 23.2 Å². The van der Waals surface area contributed by atoms with E-state index in [2.05, 4.69) is 52.5 Å². The number of rotatable bonds is 4. The Hall–Kier alpha value is -1.35. The van der Waals surface area contributed by atoms with Crippen molar-refractivity contribution in [3.05, 3.63) is 60.3 Å². The second-order valence-electron chi connectivity index (χ2n) is 5.18. The molecule has 0 saturated heterocycles. The van der Waals surface area contributed by atoms with Gasteiger partial charge >= 0.3 is 0 Å². The fourth-order valence-electron chi connectivity index (χ4n) is 2.20. The Kier molecular flexibility index (Phi) is 5.52. The number of H-pyrrole nitrogens is 1. The zero-order valence-corrected chi connectivity index (χ0v) is 17.5. The van der Waals surface area contributed by atoms with E-state index in [1.807, 2.05) is 6.92 Å². The molecule has 0 aliphatic rings. The lowest BCUT2D eigenvalue weighted by Gasteiger charge is -2.08. The maximum absolute atomic E-state index is 12.3. The molecule has 0 aliphatic carbocycles. The van der Waals surface area contributed by atoms with Gasteiger partial charge in [0.05, 0.1) is 11.0 Å². The van der Waals surface area contributed by atoms with E-state index < -0.39 is 0 Å². The van der Waals surface area contributed by atoms with Crippen molar-refractivity contribution in [2.75, 3.05) is 5.32 Å². The molecule has 0 bridgehead atoms. The summed E-state index contributed by atoms with van der Waals surface area (Å²) in [6.45, 7) is 2.28. The first kappa shape index (κ1) is 18.4. The summed E-state index contributed by atoms with van der Waals surface area (Å²) in [7, 11) is 0. The molecule has 3 aromatic rings. The van der Waals surface area contributed by atoms with Gasteiger partial charge in [-0.3, -0.25) is 14.6 Å². The molecular formula is C15H11Br2Cl2N5O. The maximum atomic E-state index is 12.3. The number of amides is 1. The van der Waals surface area contributed by atoms with Gasteiger partial charge in [0, 0.05) is 27.4 Å². The monoisotopic (exact) mass is 505 g/mol. The van der Waals surface area contributed by atoms with E-state index in [1.54, 1.807) is 28.9 Å². The Morgan fingerprint density at radius 1 is 1.32 bits per heavy atom. The third-order valence-electron chi connectivity index (χ3n) is 3.47. The highest BCUT2D eigenvalue weighted by Gasteiger charge is 2.18. The first-order valence-corrected chi connectivity index (χ1v) is 9.39. The third-order valence-corrected chi connectivity index (χ3v) is 6.06. The average Bonchev–Trinajstić information content (AvgIpc) is 3.06. The van der Waals surface area contributed by atoms with Gasteiger partial charge in [0.2, 0.25) is 0 Å². The van der Waals surface area contributed by atoms with Crippen LogP contribution in [0.3, 0.4) is 0 Å². The van der Waals surface area contributed by atoms with Crippen molar-refractivity contribution in [2.24, 2.45) is 0 Å². The van der Waals surface area contributed by atoms with Crippen molar-refractivity contribution < 1.29 is 4.79 Å². The molecular weight excluding hydrogens is 497 g/mol. The molecule has 0 fully saturated rings. The van der Waals surface area contributed by atoms with Crippen LogP contribution in [-0.4, -0.2) is 25.9 Å². The largest absolute Gasteiger partial charge is 0.304 e. The molecule has 6 nitrogen and oxygen atoms in total. The van der Waals surface area contributed by atoms with E-state index in [0.29, 0.717) is 31.5 Å². The van der Waals surface area contributed by atoms with Gasteiger partial charge < -0.3 is 5.32 Å². The van der Waals surface area contributed by atoms with Gasteiger partial charge in [-0.1, -0.05) is 29.3 Å². The smallest absolute Gasteiger partial charge is 0.278 e. The lowest BCUT2D eigenvalue weighted by atomic mass is 10.2. The summed E-state index contributed by atoms with van der Waals surface area (Å²) in [6.07, 6.45) is 0. The number of nitrogens with zero attached hydrogens (tertiary/aromatic N) is 3. The number of carbonyl (C=O) groups is 1. The van der Waals surface area contributed by atoms with E-state index in [1.165, 1.54) is 0 Å². The SMILES string of the molecule is Cc1cc(NC(=O)c2n[nH]c(Br)c2Br)nn1Cc1c(Cl)cccc1Cl. The summed E-state index contributed by atoms with van der Waals surface area (Å²) in [5, 5.41) is 14.8. The van der Waals surface area contributed by atoms with Crippen molar-refractivity contribution in [2.45, 2.75) is 13.5 Å². The molecule has 0 spiro atoms. The van der Waals surface area contributed by atoms with Gasteiger partial charge in [0.1, 0.15) is 4.60 Å². The minimum absolute atomic E-state index is 0.230. The van der Waals surface area contributed by atoms with Crippen LogP contribution >= 0.6 is 55.1 Å². The standard InChI is InChI=1S/C15H11Br2Cl2N5O/c1-7-5-11(20-15(25)13-12(16)14(17)22-21-13)23-24(7)6-8-9(18)3-2-4-10(8)19/h2-5H,6H2,1H3,(H,21,22)(H,20,23,25). The second-order valence-corrected chi connectivity index (χ2v) is 7.58. The maximum Gasteiger partial charge on any atom is 0.278 e. The summed E-state index contributed by atoms with van der Waals surface area (Å²) in [6, 6.07) is 7.10. The molecule has 2 aromatic heterocycles. The van der Waals surface area contributed by atoms with Crippen LogP contribution in [0.4, 0.5) is 5.82 Å². The summed E-state index contributed by atoms with van der Waals surface area (Å²) < 4.78 is 2.86. The number of benzene rings is 1. The fourth-order valence-corrected chi connectivity index (χ4v) is 3.35. The van der Waals surface area contributed by atoms with E-state index >= 15 is 0 Å². The molecule has 1 amide bonds.